The molecule has 4 rings (SSSR count). The van der Waals surface area contributed by atoms with E-state index in [4.69, 9.17) is 0 Å². The smallest absolute Gasteiger partial charge is 0.242 e. The summed E-state index contributed by atoms with van der Waals surface area (Å²) in [7, 11) is 0. The zero-order valence-corrected chi connectivity index (χ0v) is 16.1. The first-order chi connectivity index (χ1) is 12.5. The third-order valence-electron chi connectivity index (χ3n) is 5.03. The average molecular weight is 366 g/mol. The Morgan fingerprint density at radius 3 is 2.77 bits per heavy atom. The van der Waals surface area contributed by atoms with Crippen molar-refractivity contribution in [1.82, 2.24) is 14.9 Å². The Balaban J connectivity index is 1.51. The molecule has 1 aromatic carbocycles. The van der Waals surface area contributed by atoms with E-state index in [1.165, 1.54) is 21.6 Å². The molecule has 1 aliphatic heterocycles. The molecule has 26 heavy (non-hydrogen) atoms. The van der Waals surface area contributed by atoms with Gasteiger partial charge in [0, 0.05) is 18.0 Å². The highest BCUT2D eigenvalue weighted by atomic mass is 32.1. The van der Waals surface area contributed by atoms with E-state index in [0.717, 1.165) is 34.8 Å². The molecule has 0 atom stereocenters. The first-order valence-corrected chi connectivity index (χ1v) is 9.67. The number of fused-ring (bicyclic) bond motifs is 2. The number of benzene rings is 1. The van der Waals surface area contributed by atoms with Gasteiger partial charge in [-0.25, -0.2) is 9.97 Å². The summed E-state index contributed by atoms with van der Waals surface area (Å²) in [6, 6.07) is 8.35. The topological polar surface area (TPSA) is 58.1 Å². The van der Waals surface area contributed by atoms with E-state index < -0.39 is 0 Å². The maximum atomic E-state index is 12.7. The highest BCUT2D eigenvalue weighted by Crippen LogP contribution is 2.33. The van der Waals surface area contributed by atoms with Gasteiger partial charge in [-0.3, -0.25) is 4.79 Å². The summed E-state index contributed by atoms with van der Waals surface area (Å²) in [6.45, 7) is 7.77. The summed E-state index contributed by atoms with van der Waals surface area (Å²) in [5.41, 5.74) is 3.78. The number of hydrogen-bond acceptors (Lipinski definition) is 5. The Labute approximate surface area is 157 Å². The fourth-order valence-corrected chi connectivity index (χ4v) is 4.54. The minimum Gasteiger partial charge on any atom is -0.360 e. The molecule has 0 saturated heterocycles. The molecule has 0 bridgehead atoms. The molecule has 1 aliphatic rings. The van der Waals surface area contributed by atoms with Crippen LogP contribution in [0.2, 0.25) is 0 Å². The van der Waals surface area contributed by atoms with E-state index in [0.29, 0.717) is 6.54 Å². The van der Waals surface area contributed by atoms with Gasteiger partial charge in [-0.2, -0.15) is 0 Å². The lowest BCUT2D eigenvalue weighted by Gasteiger charge is -2.29. The van der Waals surface area contributed by atoms with E-state index in [1.807, 2.05) is 17.9 Å². The number of carbonyl (C=O) groups excluding carboxylic acids is 1. The number of aryl methyl sites for hydroxylation is 3. The molecule has 0 unspecified atom stereocenters. The van der Waals surface area contributed by atoms with Crippen molar-refractivity contribution < 1.29 is 4.79 Å². The van der Waals surface area contributed by atoms with Crippen molar-refractivity contribution in [1.29, 1.82) is 0 Å². The highest BCUT2D eigenvalue weighted by molar-refractivity contribution is 7.18. The number of nitrogens with zero attached hydrogens (tertiary/aromatic N) is 3. The largest absolute Gasteiger partial charge is 0.360 e. The zero-order chi connectivity index (χ0) is 18.3. The second kappa shape index (κ2) is 6.68. The average Bonchev–Trinajstić information content (AvgIpc) is 2.92. The van der Waals surface area contributed by atoms with Gasteiger partial charge in [0.25, 0.3) is 0 Å². The first-order valence-electron chi connectivity index (χ1n) is 8.85. The van der Waals surface area contributed by atoms with Crippen molar-refractivity contribution in [2.45, 2.75) is 33.7 Å². The Kier molecular flexibility index (Phi) is 4.36. The molecule has 5 nitrogen and oxygen atoms in total. The number of aromatic nitrogens is 2. The predicted molar refractivity (Wildman–Crippen MR) is 106 cm³/mol. The van der Waals surface area contributed by atoms with E-state index >= 15 is 0 Å². The Morgan fingerprint density at radius 1 is 1.19 bits per heavy atom. The molecular weight excluding hydrogens is 344 g/mol. The minimum absolute atomic E-state index is 0.105. The standard InChI is InChI=1S/C20H22N4OS/c1-12-13(2)26-20-18(12)19(22-14(3)23-20)21-10-17(25)24-9-8-15-6-4-5-7-16(15)11-24/h4-7H,8-11H2,1-3H3,(H,21,22,23). The minimum atomic E-state index is 0.105. The second-order valence-corrected chi connectivity index (χ2v) is 7.97. The van der Waals surface area contributed by atoms with Crippen LogP contribution in [0.5, 0.6) is 0 Å². The number of hydrogen-bond donors (Lipinski definition) is 1. The summed E-state index contributed by atoms with van der Waals surface area (Å²) >= 11 is 1.68. The van der Waals surface area contributed by atoms with Gasteiger partial charge in [-0.15, -0.1) is 11.3 Å². The third kappa shape index (κ3) is 3.05. The van der Waals surface area contributed by atoms with Crippen LogP contribution in [0.4, 0.5) is 5.82 Å². The normalized spacial score (nSPS) is 13.7. The van der Waals surface area contributed by atoms with Gasteiger partial charge in [-0.1, -0.05) is 24.3 Å². The number of amides is 1. The quantitative estimate of drug-likeness (QED) is 0.769. The van der Waals surface area contributed by atoms with Gasteiger partial charge in [0.2, 0.25) is 5.91 Å². The lowest BCUT2D eigenvalue weighted by Crippen LogP contribution is -2.39. The Morgan fingerprint density at radius 2 is 1.96 bits per heavy atom. The molecule has 1 amide bonds. The SMILES string of the molecule is Cc1nc(NCC(=O)N2CCc3ccccc3C2)c2c(C)c(C)sc2n1. The summed E-state index contributed by atoms with van der Waals surface area (Å²) in [5, 5.41) is 4.30. The molecule has 6 heteroatoms. The Hall–Kier alpha value is -2.47. The molecule has 0 saturated carbocycles. The van der Waals surface area contributed by atoms with Crippen molar-refractivity contribution in [2.24, 2.45) is 0 Å². The van der Waals surface area contributed by atoms with Gasteiger partial charge in [0.15, 0.2) is 0 Å². The molecular formula is C20H22N4OS. The maximum absolute atomic E-state index is 12.7. The van der Waals surface area contributed by atoms with E-state index in [9.17, 15) is 4.79 Å². The number of nitrogens with one attached hydrogen (secondary N) is 1. The summed E-state index contributed by atoms with van der Waals surface area (Å²) in [6.07, 6.45) is 0.918. The third-order valence-corrected chi connectivity index (χ3v) is 6.13. The van der Waals surface area contributed by atoms with Crippen LogP contribution in [-0.2, 0) is 17.8 Å². The van der Waals surface area contributed by atoms with Crippen LogP contribution >= 0.6 is 11.3 Å². The molecule has 0 fully saturated rings. The molecule has 1 N–H and O–H groups in total. The van der Waals surface area contributed by atoms with Gasteiger partial charge in [-0.05, 0) is 43.9 Å². The van der Waals surface area contributed by atoms with Crippen molar-refractivity contribution >= 4 is 33.3 Å². The lowest BCUT2D eigenvalue weighted by molar-refractivity contribution is -0.130. The number of rotatable bonds is 3. The Bertz CT molecular complexity index is 995. The van der Waals surface area contributed by atoms with E-state index in [2.05, 4.69) is 47.3 Å². The maximum Gasteiger partial charge on any atom is 0.242 e. The molecule has 0 radical (unpaired) electrons. The number of carbonyl (C=O) groups is 1. The number of anilines is 1. The first kappa shape index (κ1) is 17.0. The van der Waals surface area contributed by atoms with Gasteiger partial charge in [0.05, 0.1) is 11.9 Å². The molecule has 3 aromatic rings. The fourth-order valence-electron chi connectivity index (χ4n) is 3.46. The van der Waals surface area contributed by atoms with Crippen LogP contribution in [0.15, 0.2) is 24.3 Å². The van der Waals surface area contributed by atoms with Crippen molar-refractivity contribution in [2.75, 3.05) is 18.4 Å². The van der Waals surface area contributed by atoms with E-state index in [1.54, 1.807) is 11.3 Å². The van der Waals surface area contributed by atoms with Crippen molar-refractivity contribution in [3.8, 4) is 0 Å². The van der Waals surface area contributed by atoms with Crippen LogP contribution in [0.1, 0.15) is 27.4 Å². The summed E-state index contributed by atoms with van der Waals surface area (Å²) < 4.78 is 0. The highest BCUT2D eigenvalue weighted by Gasteiger charge is 2.21. The van der Waals surface area contributed by atoms with E-state index in [-0.39, 0.29) is 12.5 Å². The van der Waals surface area contributed by atoms with Crippen LogP contribution in [0.25, 0.3) is 10.2 Å². The summed E-state index contributed by atoms with van der Waals surface area (Å²) in [5.74, 6) is 1.59. The fraction of sp³-hybridized carbons (Fsp3) is 0.350. The predicted octanol–water partition coefficient (Wildman–Crippen LogP) is 3.61. The monoisotopic (exact) mass is 366 g/mol. The molecule has 0 spiro atoms. The lowest BCUT2D eigenvalue weighted by atomic mass is 10.00. The second-order valence-electron chi connectivity index (χ2n) is 6.77. The zero-order valence-electron chi connectivity index (χ0n) is 15.3. The van der Waals surface area contributed by atoms with Crippen LogP contribution in [0.3, 0.4) is 0 Å². The molecule has 0 aliphatic carbocycles. The van der Waals surface area contributed by atoms with Crippen LogP contribution < -0.4 is 5.32 Å². The van der Waals surface area contributed by atoms with Gasteiger partial charge >= 0.3 is 0 Å². The molecule has 3 heterocycles. The molecule has 134 valence electrons. The van der Waals surface area contributed by atoms with Crippen LogP contribution in [-0.4, -0.2) is 33.9 Å². The van der Waals surface area contributed by atoms with Crippen LogP contribution in [0, 0.1) is 20.8 Å². The van der Waals surface area contributed by atoms with Crippen molar-refractivity contribution in [3.63, 3.8) is 0 Å². The number of thiophene rings is 1. The van der Waals surface area contributed by atoms with Crippen molar-refractivity contribution in [3.05, 3.63) is 51.7 Å². The summed E-state index contributed by atoms with van der Waals surface area (Å²) in [4.78, 5) is 25.9. The van der Waals surface area contributed by atoms with Gasteiger partial charge < -0.3 is 10.2 Å². The molecule has 2 aromatic heterocycles. The van der Waals surface area contributed by atoms with Gasteiger partial charge in [0.1, 0.15) is 16.5 Å².